The number of aromatic nitrogens is 8. The zero-order chi connectivity index (χ0) is 35.0. The van der Waals surface area contributed by atoms with E-state index in [2.05, 4.69) is 35.5 Å². The molecule has 0 spiro atoms. The molecule has 4 heterocycles. The average Bonchev–Trinajstić information content (AvgIpc) is 3.85. The second-order valence-corrected chi connectivity index (χ2v) is 11.3. The van der Waals surface area contributed by atoms with Gasteiger partial charge in [-0.3, -0.25) is 0 Å². The van der Waals surface area contributed by atoms with E-state index in [0.29, 0.717) is 17.6 Å². The molecule has 7 aromatic rings. The number of hydrogen-bond donors (Lipinski definition) is 1. The molecule has 0 aliphatic heterocycles. The maximum Gasteiger partial charge on any atom is 0.229 e. The van der Waals surface area contributed by atoms with Crippen LogP contribution >= 0.6 is 11.6 Å². The summed E-state index contributed by atoms with van der Waals surface area (Å²) in [5, 5.41) is 12.6. The minimum atomic E-state index is 0. The van der Waals surface area contributed by atoms with Gasteiger partial charge >= 0.3 is 0 Å². The van der Waals surface area contributed by atoms with Crippen LogP contribution in [0.3, 0.4) is 0 Å². The summed E-state index contributed by atoms with van der Waals surface area (Å²) in [7, 11) is 4.96. The van der Waals surface area contributed by atoms with Crippen molar-refractivity contribution >= 4 is 23.2 Å². The number of hydrogen-bond acceptors (Lipinski definition) is 10. The maximum atomic E-state index is 5.77. The fourth-order valence-electron chi connectivity index (χ4n) is 4.97. The van der Waals surface area contributed by atoms with Crippen LogP contribution in [-0.4, -0.2) is 71.8 Å². The van der Waals surface area contributed by atoms with Gasteiger partial charge in [0.2, 0.25) is 11.2 Å². The van der Waals surface area contributed by atoms with Crippen LogP contribution in [0.1, 0.15) is 11.1 Å². The van der Waals surface area contributed by atoms with Crippen molar-refractivity contribution in [2.45, 2.75) is 13.8 Å². The Bertz CT molecular complexity index is 2210. The number of aryl methyl sites for hydroxylation is 1. The highest BCUT2D eigenvalue weighted by molar-refractivity contribution is 6.28. The molecule has 14 nitrogen and oxygen atoms in total. The molecule has 0 bridgehead atoms. The smallest absolute Gasteiger partial charge is 0.229 e. The van der Waals surface area contributed by atoms with Crippen LogP contribution in [0.15, 0.2) is 110 Å². The van der Waals surface area contributed by atoms with Crippen LogP contribution in [0.2, 0.25) is 5.28 Å². The Kier molecular flexibility index (Phi) is 13.0. The third-order valence-corrected chi connectivity index (χ3v) is 7.95. The second kappa shape index (κ2) is 17.5. The summed E-state index contributed by atoms with van der Waals surface area (Å²) < 4.78 is 19.2. The van der Waals surface area contributed by atoms with Gasteiger partial charge in [-0.1, -0.05) is 0 Å². The van der Waals surface area contributed by atoms with Crippen LogP contribution in [0.5, 0.6) is 17.2 Å². The molecule has 3 aromatic carbocycles. The van der Waals surface area contributed by atoms with E-state index in [9.17, 15) is 0 Å². The molecule has 268 valence electrons. The molecule has 0 saturated carbocycles. The van der Waals surface area contributed by atoms with Crippen LogP contribution in [0.4, 0.5) is 11.6 Å². The van der Waals surface area contributed by atoms with Crippen molar-refractivity contribution in [1.82, 2.24) is 39.5 Å². The van der Waals surface area contributed by atoms with Gasteiger partial charge in [-0.2, -0.15) is 20.2 Å². The summed E-state index contributed by atoms with van der Waals surface area (Å²) in [6, 6.07) is 26.9. The molecule has 15 heteroatoms. The van der Waals surface area contributed by atoms with Crippen LogP contribution in [-0.2, 0) is 0 Å². The van der Waals surface area contributed by atoms with Gasteiger partial charge in [0.25, 0.3) is 0 Å². The van der Waals surface area contributed by atoms with Gasteiger partial charge in [0.1, 0.15) is 17.2 Å². The summed E-state index contributed by atoms with van der Waals surface area (Å²) in [6.07, 6.45) is 7.01. The number of nitrogens with zero attached hydrogens (tertiary/aromatic N) is 8. The van der Waals surface area contributed by atoms with Crippen molar-refractivity contribution in [3.8, 4) is 51.4 Å². The van der Waals surface area contributed by atoms with E-state index in [0.717, 1.165) is 56.6 Å². The molecule has 0 radical (unpaired) electrons. The normalized spacial score (nSPS) is 10.2. The van der Waals surface area contributed by atoms with Gasteiger partial charge in [-0.05, 0) is 103 Å². The number of ether oxygens (including phenoxy) is 3. The van der Waals surface area contributed by atoms with E-state index in [4.69, 9.17) is 25.8 Å². The molecule has 0 amide bonds. The first-order valence-electron chi connectivity index (χ1n) is 15.5. The average molecular weight is 724 g/mol. The molecule has 0 fully saturated rings. The first-order valence-corrected chi connectivity index (χ1v) is 15.9. The third-order valence-electron chi connectivity index (χ3n) is 7.77. The Morgan fingerprint density at radius 2 is 1.13 bits per heavy atom. The van der Waals surface area contributed by atoms with Crippen LogP contribution < -0.4 is 19.5 Å². The molecule has 0 aliphatic rings. The van der Waals surface area contributed by atoms with Crippen molar-refractivity contribution in [1.29, 1.82) is 0 Å². The van der Waals surface area contributed by atoms with Gasteiger partial charge in [-0.25, -0.2) is 19.3 Å². The lowest BCUT2D eigenvalue weighted by molar-refractivity contribution is 0.411. The molecule has 5 N–H and O–H groups in total. The monoisotopic (exact) mass is 723 g/mol. The molecular weight excluding hydrogens is 686 g/mol. The minimum Gasteiger partial charge on any atom is -0.497 e. The van der Waals surface area contributed by atoms with E-state index in [1.807, 2.05) is 105 Å². The van der Waals surface area contributed by atoms with E-state index in [1.54, 1.807) is 49.2 Å². The molecular formula is C37H38ClN9O5. The lowest BCUT2D eigenvalue weighted by atomic mass is 10.1. The number of halogens is 1. The quantitative estimate of drug-likeness (QED) is 0.172. The van der Waals surface area contributed by atoms with Crippen LogP contribution in [0, 0.1) is 13.8 Å². The Balaban J connectivity index is 0.000000241. The molecule has 0 unspecified atom stereocenters. The second-order valence-electron chi connectivity index (χ2n) is 10.9. The lowest BCUT2D eigenvalue weighted by Gasteiger charge is -2.12. The fraction of sp³-hybridized carbons (Fsp3) is 0.135. The Labute approximate surface area is 305 Å². The minimum absolute atomic E-state index is 0. The summed E-state index contributed by atoms with van der Waals surface area (Å²) in [5.74, 6) is 4.24. The van der Waals surface area contributed by atoms with Gasteiger partial charge in [-0.15, -0.1) is 0 Å². The number of benzene rings is 3. The molecule has 52 heavy (non-hydrogen) atoms. The predicted molar refractivity (Wildman–Crippen MR) is 200 cm³/mol. The summed E-state index contributed by atoms with van der Waals surface area (Å²) in [4.78, 5) is 16.9. The van der Waals surface area contributed by atoms with E-state index >= 15 is 0 Å². The number of anilines is 2. The molecule has 0 atom stereocenters. The van der Waals surface area contributed by atoms with Gasteiger partial charge in [0.05, 0.1) is 32.7 Å². The van der Waals surface area contributed by atoms with Crippen molar-refractivity contribution in [3.63, 3.8) is 0 Å². The first-order chi connectivity index (χ1) is 24.3. The number of methoxy groups -OCH3 is 3. The molecule has 0 aliphatic carbocycles. The lowest BCUT2D eigenvalue weighted by Crippen LogP contribution is -2.04. The topological polar surface area (TPSA) is 190 Å². The molecule has 7 rings (SSSR count). The number of nitrogens with one attached hydrogen (secondary N) is 1. The van der Waals surface area contributed by atoms with Gasteiger partial charge < -0.3 is 30.5 Å². The Hall–Kier alpha value is -6.35. The highest BCUT2D eigenvalue weighted by Crippen LogP contribution is 2.28. The molecule has 4 aromatic heterocycles. The zero-order valence-electron chi connectivity index (χ0n) is 29.1. The van der Waals surface area contributed by atoms with Crippen LogP contribution in [0.25, 0.3) is 34.2 Å². The zero-order valence-corrected chi connectivity index (χ0v) is 29.8. The van der Waals surface area contributed by atoms with Gasteiger partial charge in [0.15, 0.2) is 11.6 Å². The standard InChI is InChI=1S/C23H23N5O2.C14H11ClN4O.2H2O/c1-15-13-18(14-21(30-4)16(15)2)25-23-24-11-9-22(26-23)28-12-10-20(27-28)17-5-7-19(29-3)8-6-17;1-20-11-4-2-10(3-5-11)12-7-9-19(18-12)13-6-8-16-14(15)17-13;;/h5-14H,1-4H3,(H,24,25,26);2-9H,1H3;2*1H2. The van der Waals surface area contributed by atoms with E-state index < -0.39 is 0 Å². The predicted octanol–water partition coefficient (Wildman–Crippen LogP) is 6.05. The number of rotatable bonds is 9. The fourth-order valence-corrected chi connectivity index (χ4v) is 5.11. The summed E-state index contributed by atoms with van der Waals surface area (Å²) in [5.41, 5.74) is 6.82. The highest BCUT2D eigenvalue weighted by Gasteiger charge is 2.10. The van der Waals surface area contributed by atoms with E-state index in [-0.39, 0.29) is 16.2 Å². The van der Waals surface area contributed by atoms with Crippen molar-refractivity contribution in [3.05, 3.63) is 126 Å². The maximum absolute atomic E-state index is 5.77. The first kappa shape index (κ1) is 38.5. The third kappa shape index (κ3) is 9.05. The van der Waals surface area contributed by atoms with Crippen molar-refractivity contribution < 1.29 is 25.2 Å². The Morgan fingerprint density at radius 3 is 1.63 bits per heavy atom. The summed E-state index contributed by atoms with van der Waals surface area (Å²) >= 11 is 5.77. The Morgan fingerprint density at radius 1 is 0.615 bits per heavy atom. The van der Waals surface area contributed by atoms with Crippen molar-refractivity contribution in [2.24, 2.45) is 0 Å². The summed E-state index contributed by atoms with van der Waals surface area (Å²) in [6.45, 7) is 4.08. The van der Waals surface area contributed by atoms with Crippen molar-refractivity contribution in [2.75, 3.05) is 26.6 Å². The SMILES string of the molecule is COc1ccc(-c2ccn(-c3ccnc(Cl)n3)n2)cc1.COc1ccc(-c2ccn(-c3ccnc(Nc4cc(C)c(C)c(OC)c4)n3)n2)cc1.O.O. The van der Waals surface area contributed by atoms with Gasteiger partial charge in [0, 0.05) is 59.8 Å². The largest absolute Gasteiger partial charge is 0.497 e. The van der Waals surface area contributed by atoms with E-state index in [1.165, 1.54) is 0 Å². The molecule has 0 saturated heterocycles. The highest BCUT2D eigenvalue weighted by atomic mass is 35.5.